The van der Waals surface area contributed by atoms with E-state index in [2.05, 4.69) is 4.98 Å². The molecule has 2 aliphatic heterocycles. The van der Waals surface area contributed by atoms with E-state index in [1.54, 1.807) is 29.2 Å². The van der Waals surface area contributed by atoms with Crippen LogP contribution in [-0.2, 0) is 25.5 Å². The van der Waals surface area contributed by atoms with Crippen LogP contribution in [-0.4, -0.2) is 52.9 Å². The number of benzene rings is 3. The summed E-state index contributed by atoms with van der Waals surface area (Å²) in [7, 11) is 0. The zero-order valence-electron chi connectivity index (χ0n) is 20.8. The number of amides is 3. The molecule has 3 amide bonds. The van der Waals surface area contributed by atoms with E-state index in [-0.39, 0.29) is 30.8 Å². The lowest BCUT2D eigenvalue weighted by Gasteiger charge is -2.30. The first-order valence-corrected chi connectivity index (χ1v) is 12.8. The molecule has 1 aromatic heterocycles. The molecule has 8 heteroatoms. The van der Waals surface area contributed by atoms with Crippen molar-refractivity contribution < 1.29 is 23.5 Å². The van der Waals surface area contributed by atoms with E-state index in [9.17, 15) is 14.4 Å². The highest BCUT2D eigenvalue weighted by Crippen LogP contribution is 2.30. The van der Waals surface area contributed by atoms with Gasteiger partial charge in [0.15, 0.2) is 5.58 Å². The molecule has 8 nitrogen and oxygen atoms in total. The molecule has 0 radical (unpaired) electrons. The fourth-order valence-electron chi connectivity index (χ4n) is 5.16. The normalized spacial score (nSPS) is 19.4. The smallest absolute Gasteiger partial charge is 0.257 e. The average Bonchev–Trinajstić information content (AvgIpc) is 3.67. The van der Waals surface area contributed by atoms with Gasteiger partial charge in [-0.3, -0.25) is 14.4 Å². The van der Waals surface area contributed by atoms with Gasteiger partial charge in [-0.25, -0.2) is 9.88 Å². The molecule has 2 unspecified atom stereocenters. The molecule has 2 fully saturated rings. The van der Waals surface area contributed by atoms with Crippen molar-refractivity contribution in [3.63, 3.8) is 0 Å². The molecule has 3 heterocycles. The van der Waals surface area contributed by atoms with E-state index in [1.165, 1.54) is 4.90 Å². The molecule has 0 N–H and O–H groups in total. The third-order valence-electron chi connectivity index (χ3n) is 7.11. The Bertz CT molecular complexity index is 1440. The van der Waals surface area contributed by atoms with Crippen molar-refractivity contribution in [3.05, 3.63) is 84.4 Å². The summed E-state index contributed by atoms with van der Waals surface area (Å²) >= 11 is 0. The van der Waals surface area contributed by atoms with Crippen molar-refractivity contribution in [1.29, 1.82) is 0 Å². The Morgan fingerprint density at radius 1 is 0.974 bits per heavy atom. The van der Waals surface area contributed by atoms with Crippen LogP contribution in [0.3, 0.4) is 0 Å². The van der Waals surface area contributed by atoms with Gasteiger partial charge in [0.25, 0.3) is 5.91 Å². The number of fused-ring (bicyclic) bond motifs is 1. The Kier molecular flexibility index (Phi) is 6.47. The molecule has 3 aromatic carbocycles. The van der Waals surface area contributed by atoms with Crippen molar-refractivity contribution in [1.82, 2.24) is 9.88 Å². The number of nitrogens with zero attached hydrogens (tertiary/aromatic N) is 3. The van der Waals surface area contributed by atoms with Crippen LogP contribution in [0.25, 0.3) is 22.6 Å². The van der Waals surface area contributed by atoms with Crippen molar-refractivity contribution in [2.45, 2.75) is 37.8 Å². The highest BCUT2D eigenvalue weighted by molar-refractivity contribution is 6.23. The highest BCUT2D eigenvalue weighted by Gasteiger charge is 2.45. The number of rotatable bonds is 7. The minimum absolute atomic E-state index is 0.0566. The standard InChI is InChI=1S/C30H27N3O5/c34-27(17-20-7-2-1-3-8-20)32(19-23-9-6-16-37-23)25-18-28(35)33(30(25)36)22-14-12-21(13-15-22)29-31-24-10-4-5-11-26(24)38-29/h1-5,7-8,10-15,23,25H,6,9,16-19H2. The predicted octanol–water partition coefficient (Wildman–Crippen LogP) is 4.38. The second kappa shape index (κ2) is 10.2. The van der Waals surface area contributed by atoms with Crippen LogP contribution >= 0.6 is 0 Å². The van der Waals surface area contributed by atoms with Crippen LogP contribution in [0.2, 0.25) is 0 Å². The summed E-state index contributed by atoms with van der Waals surface area (Å²) in [6, 6.07) is 23.0. The highest BCUT2D eigenvalue weighted by atomic mass is 16.5. The summed E-state index contributed by atoms with van der Waals surface area (Å²) in [5.41, 5.74) is 3.49. The summed E-state index contributed by atoms with van der Waals surface area (Å²) in [5, 5.41) is 0. The zero-order valence-corrected chi connectivity index (χ0v) is 20.8. The molecular formula is C30H27N3O5. The maximum atomic E-state index is 13.6. The second-order valence-corrected chi connectivity index (χ2v) is 9.66. The molecule has 192 valence electrons. The van der Waals surface area contributed by atoms with Crippen molar-refractivity contribution >= 4 is 34.5 Å². The number of carbonyl (C=O) groups is 3. The molecular weight excluding hydrogens is 482 g/mol. The van der Waals surface area contributed by atoms with Gasteiger partial charge in [-0.15, -0.1) is 0 Å². The fraction of sp³-hybridized carbons (Fsp3) is 0.267. The maximum absolute atomic E-state index is 13.6. The van der Waals surface area contributed by atoms with Crippen LogP contribution in [0.1, 0.15) is 24.8 Å². The van der Waals surface area contributed by atoms with Gasteiger partial charge in [-0.1, -0.05) is 42.5 Å². The lowest BCUT2D eigenvalue weighted by molar-refractivity contribution is -0.139. The number of oxazole rings is 1. The number of imide groups is 1. The molecule has 0 bridgehead atoms. The SMILES string of the molecule is O=C1CC(N(CC2CCCO2)C(=O)Cc2ccccc2)C(=O)N1c1ccc(-c2nc3ccccc3o2)cc1. The number of anilines is 1. The molecule has 38 heavy (non-hydrogen) atoms. The molecule has 0 aliphatic carbocycles. The summed E-state index contributed by atoms with van der Waals surface area (Å²) in [4.78, 5) is 47.4. The monoisotopic (exact) mass is 509 g/mol. The van der Waals surface area contributed by atoms with Gasteiger partial charge in [-0.05, 0) is 54.8 Å². The van der Waals surface area contributed by atoms with Crippen LogP contribution < -0.4 is 4.90 Å². The van der Waals surface area contributed by atoms with Gasteiger partial charge < -0.3 is 14.1 Å². The lowest BCUT2D eigenvalue weighted by Crippen LogP contribution is -2.49. The van der Waals surface area contributed by atoms with Gasteiger partial charge in [0.05, 0.1) is 24.6 Å². The molecule has 2 aliphatic rings. The Labute approximate surface area is 219 Å². The van der Waals surface area contributed by atoms with Crippen molar-refractivity contribution in [3.8, 4) is 11.5 Å². The van der Waals surface area contributed by atoms with Gasteiger partial charge in [-0.2, -0.15) is 0 Å². The topological polar surface area (TPSA) is 93.0 Å². The van der Waals surface area contributed by atoms with E-state index in [0.717, 1.165) is 29.5 Å². The molecule has 0 spiro atoms. The summed E-state index contributed by atoms with van der Waals surface area (Å²) in [6.07, 6.45) is 1.71. The van der Waals surface area contributed by atoms with Gasteiger partial charge in [0.2, 0.25) is 17.7 Å². The van der Waals surface area contributed by atoms with Crippen LogP contribution in [0.15, 0.2) is 83.3 Å². The molecule has 4 aromatic rings. The first-order chi connectivity index (χ1) is 18.6. The number of carbonyl (C=O) groups excluding carboxylic acids is 3. The molecule has 2 saturated heterocycles. The summed E-state index contributed by atoms with van der Waals surface area (Å²) < 4.78 is 11.6. The summed E-state index contributed by atoms with van der Waals surface area (Å²) in [6.45, 7) is 0.932. The van der Waals surface area contributed by atoms with Crippen molar-refractivity contribution in [2.75, 3.05) is 18.1 Å². The van der Waals surface area contributed by atoms with Gasteiger partial charge >= 0.3 is 0 Å². The maximum Gasteiger partial charge on any atom is 0.257 e. The number of hydrogen-bond acceptors (Lipinski definition) is 6. The molecule has 0 saturated carbocycles. The van der Waals surface area contributed by atoms with Gasteiger partial charge in [0.1, 0.15) is 11.6 Å². The quantitative estimate of drug-likeness (QED) is 0.344. The van der Waals surface area contributed by atoms with E-state index >= 15 is 0 Å². The van der Waals surface area contributed by atoms with Crippen LogP contribution in [0, 0.1) is 0 Å². The Balaban J connectivity index is 1.23. The predicted molar refractivity (Wildman–Crippen MR) is 141 cm³/mol. The largest absolute Gasteiger partial charge is 0.436 e. The van der Waals surface area contributed by atoms with Crippen LogP contribution in [0.5, 0.6) is 0 Å². The van der Waals surface area contributed by atoms with E-state index in [0.29, 0.717) is 30.3 Å². The van der Waals surface area contributed by atoms with E-state index in [1.807, 2.05) is 54.6 Å². The third kappa shape index (κ3) is 4.70. The van der Waals surface area contributed by atoms with Crippen LogP contribution in [0.4, 0.5) is 5.69 Å². The number of hydrogen-bond donors (Lipinski definition) is 0. The Morgan fingerprint density at radius 3 is 2.47 bits per heavy atom. The van der Waals surface area contributed by atoms with Crippen molar-refractivity contribution in [2.24, 2.45) is 0 Å². The molecule has 6 rings (SSSR count). The fourth-order valence-corrected chi connectivity index (χ4v) is 5.16. The average molecular weight is 510 g/mol. The van der Waals surface area contributed by atoms with Gasteiger partial charge in [0, 0.05) is 18.7 Å². The number of para-hydroxylation sites is 2. The number of ether oxygens (including phenoxy) is 1. The summed E-state index contributed by atoms with van der Waals surface area (Å²) in [5.74, 6) is -0.460. The minimum Gasteiger partial charge on any atom is -0.436 e. The Morgan fingerprint density at radius 2 is 1.74 bits per heavy atom. The first-order valence-electron chi connectivity index (χ1n) is 12.8. The molecule has 2 atom stereocenters. The second-order valence-electron chi connectivity index (χ2n) is 9.66. The van der Waals surface area contributed by atoms with E-state index in [4.69, 9.17) is 9.15 Å². The lowest BCUT2D eigenvalue weighted by atomic mass is 10.1. The Hall–Kier alpha value is -4.30. The zero-order chi connectivity index (χ0) is 26.1. The minimum atomic E-state index is -0.861. The third-order valence-corrected chi connectivity index (χ3v) is 7.11. The first kappa shape index (κ1) is 24.1. The number of aromatic nitrogens is 1. The van der Waals surface area contributed by atoms with E-state index < -0.39 is 11.9 Å².